The minimum absolute atomic E-state index is 0.519. The van der Waals surface area contributed by atoms with E-state index >= 15 is 0 Å². The summed E-state index contributed by atoms with van der Waals surface area (Å²) in [7, 11) is 0. The first-order chi connectivity index (χ1) is 5.77. The van der Waals surface area contributed by atoms with Crippen molar-refractivity contribution in [3.63, 3.8) is 0 Å². The monoisotopic (exact) mass is 162 g/mol. The van der Waals surface area contributed by atoms with Gasteiger partial charge in [-0.05, 0) is 24.8 Å². The molecule has 2 nitrogen and oxygen atoms in total. The molecule has 0 amide bonds. The van der Waals surface area contributed by atoms with Crippen LogP contribution in [0.1, 0.15) is 49.9 Å². The third kappa shape index (κ3) is 1.47. The van der Waals surface area contributed by atoms with Gasteiger partial charge in [-0.1, -0.05) is 13.8 Å². The highest BCUT2D eigenvalue weighted by molar-refractivity contribution is 5.18. The minimum Gasteiger partial charge on any atom is -0.241 e. The molecule has 1 heterocycles. The maximum atomic E-state index is 4.27. The average Bonchev–Trinajstić information content (AvgIpc) is 2.87. The molecule has 12 heavy (non-hydrogen) atoms. The highest BCUT2D eigenvalue weighted by atomic mass is 14.8. The normalized spacial score (nSPS) is 16.9. The van der Waals surface area contributed by atoms with E-state index in [0.717, 1.165) is 5.92 Å². The van der Waals surface area contributed by atoms with Crippen LogP contribution in [0, 0.1) is 0 Å². The van der Waals surface area contributed by atoms with Gasteiger partial charge in [-0.25, -0.2) is 9.97 Å². The van der Waals surface area contributed by atoms with Crippen LogP contribution in [0.5, 0.6) is 0 Å². The zero-order chi connectivity index (χ0) is 8.55. The Hall–Kier alpha value is -0.920. The van der Waals surface area contributed by atoms with E-state index in [9.17, 15) is 0 Å². The van der Waals surface area contributed by atoms with E-state index in [0.29, 0.717) is 5.92 Å². The van der Waals surface area contributed by atoms with Crippen LogP contribution in [0.2, 0.25) is 0 Å². The summed E-state index contributed by atoms with van der Waals surface area (Å²) in [6.07, 6.45) is 4.33. The molecular weight excluding hydrogens is 148 g/mol. The lowest BCUT2D eigenvalue weighted by Crippen LogP contribution is -1.96. The topological polar surface area (TPSA) is 25.8 Å². The van der Waals surface area contributed by atoms with Crippen molar-refractivity contribution >= 4 is 0 Å². The molecule has 0 radical (unpaired) electrons. The molecule has 0 aromatic carbocycles. The summed E-state index contributed by atoms with van der Waals surface area (Å²) < 4.78 is 0. The van der Waals surface area contributed by atoms with Gasteiger partial charge in [-0.3, -0.25) is 0 Å². The van der Waals surface area contributed by atoms with Gasteiger partial charge in [0.15, 0.2) is 0 Å². The molecule has 1 saturated carbocycles. The molecule has 1 aliphatic rings. The SMILES string of the molecule is CC(C)c1cc(C2CC2)ncn1. The van der Waals surface area contributed by atoms with Gasteiger partial charge in [0.05, 0.1) is 0 Å². The quantitative estimate of drug-likeness (QED) is 0.667. The third-order valence-corrected chi connectivity index (χ3v) is 2.30. The molecule has 2 rings (SSSR count). The maximum absolute atomic E-state index is 4.27. The highest BCUT2D eigenvalue weighted by Gasteiger charge is 2.25. The predicted octanol–water partition coefficient (Wildman–Crippen LogP) is 2.48. The van der Waals surface area contributed by atoms with Gasteiger partial charge in [-0.15, -0.1) is 0 Å². The molecule has 0 aliphatic heterocycles. The molecule has 1 fully saturated rings. The molecule has 0 unspecified atom stereocenters. The lowest BCUT2D eigenvalue weighted by atomic mass is 10.1. The van der Waals surface area contributed by atoms with E-state index in [1.807, 2.05) is 0 Å². The fraction of sp³-hybridized carbons (Fsp3) is 0.600. The second-order valence-corrected chi connectivity index (χ2v) is 3.80. The van der Waals surface area contributed by atoms with Crippen molar-refractivity contribution in [2.45, 2.75) is 38.5 Å². The summed E-state index contributed by atoms with van der Waals surface area (Å²) >= 11 is 0. The van der Waals surface area contributed by atoms with Gasteiger partial charge < -0.3 is 0 Å². The Morgan fingerprint density at radius 3 is 2.67 bits per heavy atom. The zero-order valence-electron chi connectivity index (χ0n) is 7.62. The van der Waals surface area contributed by atoms with Gasteiger partial charge in [0.2, 0.25) is 0 Å². The summed E-state index contributed by atoms with van der Waals surface area (Å²) in [5.74, 6) is 1.26. The molecule has 0 bridgehead atoms. The molecule has 1 aromatic rings. The van der Waals surface area contributed by atoms with Gasteiger partial charge in [-0.2, -0.15) is 0 Å². The fourth-order valence-corrected chi connectivity index (χ4v) is 1.31. The average molecular weight is 162 g/mol. The molecule has 1 aliphatic carbocycles. The lowest BCUT2D eigenvalue weighted by Gasteiger charge is -2.04. The van der Waals surface area contributed by atoms with Gasteiger partial charge >= 0.3 is 0 Å². The van der Waals surface area contributed by atoms with Gasteiger partial charge in [0.1, 0.15) is 6.33 Å². The van der Waals surface area contributed by atoms with Crippen LogP contribution in [0.3, 0.4) is 0 Å². The van der Waals surface area contributed by atoms with Crippen LogP contribution < -0.4 is 0 Å². The summed E-state index contributed by atoms with van der Waals surface area (Å²) in [5, 5.41) is 0. The molecule has 0 spiro atoms. The maximum Gasteiger partial charge on any atom is 0.115 e. The predicted molar refractivity (Wildman–Crippen MR) is 48.1 cm³/mol. The van der Waals surface area contributed by atoms with Crippen molar-refractivity contribution in [3.8, 4) is 0 Å². The van der Waals surface area contributed by atoms with Crippen molar-refractivity contribution in [1.29, 1.82) is 0 Å². The Labute approximate surface area is 73.1 Å². The van der Waals surface area contributed by atoms with Crippen LogP contribution in [0.4, 0.5) is 0 Å². The van der Waals surface area contributed by atoms with Crippen molar-refractivity contribution < 1.29 is 0 Å². The zero-order valence-corrected chi connectivity index (χ0v) is 7.62. The molecule has 2 heteroatoms. The van der Waals surface area contributed by atoms with E-state index in [1.165, 1.54) is 24.2 Å². The van der Waals surface area contributed by atoms with Crippen molar-refractivity contribution in [2.24, 2.45) is 0 Å². The fourth-order valence-electron chi connectivity index (χ4n) is 1.31. The van der Waals surface area contributed by atoms with Crippen LogP contribution >= 0.6 is 0 Å². The first-order valence-electron chi connectivity index (χ1n) is 4.59. The first-order valence-corrected chi connectivity index (χ1v) is 4.59. The van der Waals surface area contributed by atoms with E-state index < -0.39 is 0 Å². The lowest BCUT2D eigenvalue weighted by molar-refractivity contribution is 0.801. The number of aromatic nitrogens is 2. The summed E-state index contributed by atoms with van der Waals surface area (Å²) in [6, 6.07) is 2.16. The van der Waals surface area contributed by atoms with Gasteiger partial charge in [0.25, 0.3) is 0 Å². The number of rotatable bonds is 2. The largest absolute Gasteiger partial charge is 0.241 e. The highest BCUT2D eigenvalue weighted by Crippen LogP contribution is 2.39. The van der Waals surface area contributed by atoms with Crippen molar-refractivity contribution in [2.75, 3.05) is 0 Å². The molecule has 0 atom stereocenters. The molecule has 0 N–H and O–H groups in total. The van der Waals surface area contributed by atoms with Crippen molar-refractivity contribution in [1.82, 2.24) is 9.97 Å². The smallest absolute Gasteiger partial charge is 0.115 e. The van der Waals surface area contributed by atoms with E-state index in [4.69, 9.17) is 0 Å². The Bertz CT molecular complexity index is 260. The second-order valence-electron chi connectivity index (χ2n) is 3.80. The molecule has 1 aromatic heterocycles. The Kier molecular flexibility index (Phi) is 1.83. The summed E-state index contributed by atoms with van der Waals surface area (Å²) in [6.45, 7) is 4.33. The minimum atomic E-state index is 0.519. The molecular formula is C10H14N2. The van der Waals surface area contributed by atoms with Crippen molar-refractivity contribution in [3.05, 3.63) is 23.8 Å². The Balaban J connectivity index is 2.26. The van der Waals surface area contributed by atoms with Crippen LogP contribution in [0.15, 0.2) is 12.4 Å². The standard InChI is InChI=1S/C10H14N2/c1-7(2)9-5-10(8-3-4-8)12-6-11-9/h5-8H,3-4H2,1-2H3. The van der Waals surface area contributed by atoms with E-state index in [2.05, 4.69) is 29.9 Å². The third-order valence-electron chi connectivity index (χ3n) is 2.30. The van der Waals surface area contributed by atoms with Gasteiger partial charge in [0, 0.05) is 17.3 Å². The summed E-state index contributed by atoms with van der Waals surface area (Å²) in [5.41, 5.74) is 2.42. The van der Waals surface area contributed by atoms with E-state index in [1.54, 1.807) is 6.33 Å². The second kappa shape index (κ2) is 2.85. The van der Waals surface area contributed by atoms with Crippen LogP contribution in [-0.2, 0) is 0 Å². The Morgan fingerprint density at radius 1 is 1.33 bits per heavy atom. The molecule has 0 saturated heterocycles. The molecule has 64 valence electrons. The number of hydrogen-bond acceptors (Lipinski definition) is 2. The van der Waals surface area contributed by atoms with E-state index in [-0.39, 0.29) is 0 Å². The number of nitrogens with zero attached hydrogens (tertiary/aromatic N) is 2. The first kappa shape index (κ1) is 7.71. The Morgan fingerprint density at radius 2 is 2.08 bits per heavy atom. The van der Waals surface area contributed by atoms with Crippen LogP contribution in [-0.4, -0.2) is 9.97 Å². The number of hydrogen-bond donors (Lipinski definition) is 0. The van der Waals surface area contributed by atoms with Crippen LogP contribution in [0.25, 0.3) is 0 Å². The summed E-state index contributed by atoms with van der Waals surface area (Å²) in [4.78, 5) is 8.51.